The molecule has 9 nitrogen and oxygen atoms in total. The number of nitrogens with two attached hydrogens (primary N) is 1. The molecule has 2 amide bonds. The number of halogens is 2. The summed E-state index contributed by atoms with van der Waals surface area (Å²) in [4.78, 5) is 30.6. The molecule has 2 heterocycles. The molecule has 2 aliphatic rings. The maximum absolute atomic E-state index is 13.3. The molecule has 2 aliphatic carbocycles. The predicted molar refractivity (Wildman–Crippen MR) is 144 cm³/mol. The minimum absolute atomic E-state index is 0.119. The van der Waals surface area contributed by atoms with E-state index in [2.05, 4.69) is 20.7 Å². The molecule has 0 bridgehead atoms. The second-order valence-electron chi connectivity index (χ2n) is 10.3. The van der Waals surface area contributed by atoms with Gasteiger partial charge in [0.2, 0.25) is 5.91 Å². The minimum Gasteiger partial charge on any atom is -0.451 e. The van der Waals surface area contributed by atoms with Crippen molar-refractivity contribution in [3.05, 3.63) is 66.9 Å². The van der Waals surface area contributed by atoms with Gasteiger partial charge in [-0.2, -0.15) is 5.10 Å². The number of carbonyl (C=O) groups is 2. The highest BCUT2D eigenvalue weighted by Crippen LogP contribution is 2.43. The summed E-state index contributed by atoms with van der Waals surface area (Å²) < 4.78 is 6.70. The minimum atomic E-state index is -1.17. The molecule has 0 spiro atoms. The van der Waals surface area contributed by atoms with E-state index in [1.54, 1.807) is 17.1 Å². The van der Waals surface area contributed by atoms with Gasteiger partial charge in [0.05, 0.1) is 11.4 Å². The molecule has 2 fully saturated rings. The molecule has 0 radical (unpaired) electrons. The number of fused-ring (bicyclic) bond motifs is 1. The summed E-state index contributed by atoms with van der Waals surface area (Å²) in [6.07, 6.45) is 5.84. The Morgan fingerprint density at radius 1 is 0.921 bits per heavy atom. The van der Waals surface area contributed by atoms with E-state index in [9.17, 15) is 9.59 Å². The third-order valence-electron chi connectivity index (χ3n) is 7.40. The van der Waals surface area contributed by atoms with Crippen molar-refractivity contribution in [1.82, 2.24) is 25.4 Å². The van der Waals surface area contributed by atoms with Crippen molar-refractivity contribution >= 4 is 46.0 Å². The van der Waals surface area contributed by atoms with Crippen LogP contribution < -0.4 is 16.4 Å². The predicted octanol–water partition coefficient (Wildman–Crippen LogP) is 4.46. The van der Waals surface area contributed by atoms with E-state index in [1.165, 1.54) is 6.33 Å². The molecule has 0 atom stereocenters. The van der Waals surface area contributed by atoms with Crippen LogP contribution in [0.5, 0.6) is 0 Å². The molecular weight excluding hydrogens is 527 g/mol. The lowest BCUT2D eigenvalue weighted by Crippen LogP contribution is -2.64. The van der Waals surface area contributed by atoms with Crippen LogP contribution in [0.4, 0.5) is 0 Å². The summed E-state index contributed by atoms with van der Waals surface area (Å²) in [6.45, 7) is 0. The summed E-state index contributed by atoms with van der Waals surface area (Å²) >= 11 is 12.7. The summed E-state index contributed by atoms with van der Waals surface area (Å²) in [5, 5.41) is 10.7. The van der Waals surface area contributed by atoms with E-state index in [0.29, 0.717) is 44.1 Å². The number of benzene rings is 2. The Morgan fingerprint density at radius 3 is 2.29 bits per heavy atom. The van der Waals surface area contributed by atoms with Crippen LogP contribution in [0.1, 0.15) is 49.1 Å². The molecule has 4 N–H and O–H groups in total. The number of aromatic nitrogens is 3. The van der Waals surface area contributed by atoms with Gasteiger partial charge in [-0.3, -0.25) is 9.59 Å². The van der Waals surface area contributed by atoms with Crippen LogP contribution in [0.2, 0.25) is 0 Å². The molecule has 2 aromatic heterocycles. The zero-order chi connectivity index (χ0) is 26.5. The maximum atomic E-state index is 13.3. The first-order valence-corrected chi connectivity index (χ1v) is 13.2. The number of hydrogen-bond acceptors (Lipinski definition) is 6. The molecule has 6 rings (SSSR count). The topological polar surface area (TPSA) is 128 Å². The zero-order valence-electron chi connectivity index (χ0n) is 20.4. The first kappa shape index (κ1) is 24.9. The van der Waals surface area contributed by atoms with Crippen molar-refractivity contribution in [2.24, 2.45) is 5.73 Å². The molecule has 0 unspecified atom stereocenters. The normalized spacial score (nSPS) is 19.1. The Kier molecular flexibility index (Phi) is 5.97. The van der Waals surface area contributed by atoms with E-state index >= 15 is 0 Å². The van der Waals surface area contributed by atoms with Gasteiger partial charge in [-0.05, 0) is 73.9 Å². The fourth-order valence-electron chi connectivity index (χ4n) is 4.81. The number of nitrogens with one attached hydrogen (secondary N) is 2. The molecule has 2 saturated carbocycles. The van der Waals surface area contributed by atoms with E-state index in [0.717, 1.165) is 22.2 Å². The SMILES string of the molecule is NC1(NC(=O)C2(NC(=O)c3cc4ccc(-c5ccc(-n6cncn6)cc5)cc4o3)CCC(Cl)(Cl)CC2)CC1. The Hall–Kier alpha value is -3.40. The lowest BCUT2D eigenvalue weighted by atomic mass is 9.80. The Labute approximate surface area is 228 Å². The molecule has 2 aromatic carbocycles. The molecule has 196 valence electrons. The monoisotopic (exact) mass is 552 g/mol. The third kappa shape index (κ3) is 4.89. The highest BCUT2D eigenvalue weighted by Gasteiger charge is 2.50. The van der Waals surface area contributed by atoms with Crippen LogP contribution >= 0.6 is 23.2 Å². The number of carbonyl (C=O) groups excluding carboxylic acids is 2. The van der Waals surface area contributed by atoms with Gasteiger partial charge in [0, 0.05) is 5.39 Å². The average Bonchev–Trinajstić information content (AvgIpc) is 3.29. The van der Waals surface area contributed by atoms with E-state index in [1.807, 2.05) is 42.5 Å². The molecule has 0 saturated heterocycles. The number of nitrogens with zero attached hydrogens (tertiary/aromatic N) is 3. The fourth-order valence-corrected chi connectivity index (χ4v) is 5.18. The largest absolute Gasteiger partial charge is 0.451 e. The lowest BCUT2D eigenvalue weighted by molar-refractivity contribution is -0.129. The number of furan rings is 1. The van der Waals surface area contributed by atoms with Crippen LogP contribution in [0.15, 0.2) is 65.6 Å². The molecule has 38 heavy (non-hydrogen) atoms. The number of amides is 2. The fraction of sp³-hybridized carbons (Fsp3) is 0.333. The molecule has 0 aliphatic heterocycles. The smallest absolute Gasteiger partial charge is 0.287 e. The van der Waals surface area contributed by atoms with Crippen molar-refractivity contribution in [2.45, 2.75) is 54.1 Å². The third-order valence-corrected chi connectivity index (χ3v) is 8.16. The standard InChI is InChI=1S/C27H26Cl2N6O3/c28-26(29)9-7-25(8-10-26,24(37)34-27(30)11-12-27)33-23(36)22-14-19-2-1-18(13-21(19)38-22)17-3-5-20(6-4-17)35-16-31-15-32-35/h1-6,13-16H,7-12,30H2,(H,33,36)(H,34,37). The van der Waals surface area contributed by atoms with Crippen molar-refractivity contribution in [3.8, 4) is 16.8 Å². The van der Waals surface area contributed by atoms with Crippen LogP contribution in [0, 0.1) is 0 Å². The second-order valence-corrected chi connectivity index (χ2v) is 11.9. The van der Waals surface area contributed by atoms with Gasteiger partial charge in [-0.15, -0.1) is 23.2 Å². The van der Waals surface area contributed by atoms with Crippen molar-refractivity contribution < 1.29 is 14.0 Å². The van der Waals surface area contributed by atoms with Crippen LogP contribution in [0.25, 0.3) is 27.8 Å². The van der Waals surface area contributed by atoms with Crippen LogP contribution in [-0.4, -0.2) is 42.1 Å². The van der Waals surface area contributed by atoms with E-state index in [-0.39, 0.29) is 11.7 Å². The first-order valence-electron chi connectivity index (χ1n) is 12.4. The highest BCUT2D eigenvalue weighted by atomic mass is 35.5. The number of alkyl halides is 2. The first-order chi connectivity index (χ1) is 18.1. The van der Waals surface area contributed by atoms with Gasteiger partial charge in [0.25, 0.3) is 5.91 Å². The van der Waals surface area contributed by atoms with Gasteiger partial charge in [0.1, 0.15) is 28.1 Å². The Morgan fingerprint density at radius 2 is 1.63 bits per heavy atom. The number of hydrogen-bond donors (Lipinski definition) is 3. The Bertz CT molecular complexity index is 1500. The van der Waals surface area contributed by atoms with E-state index in [4.69, 9.17) is 33.4 Å². The molecular formula is C27H26Cl2N6O3. The van der Waals surface area contributed by atoms with E-state index < -0.39 is 21.4 Å². The summed E-state index contributed by atoms with van der Waals surface area (Å²) in [5.74, 6) is -0.677. The van der Waals surface area contributed by atoms with Crippen LogP contribution in [0.3, 0.4) is 0 Å². The van der Waals surface area contributed by atoms with Gasteiger partial charge in [-0.1, -0.05) is 24.3 Å². The Balaban J connectivity index is 1.23. The average molecular weight is 553 g/mol. The highest BCUT2D eigenvalue weighted by molar-refractivity contribution is 6.48. The quantitative estimate of drug-likeness (QED) is 0.239. The maximum Gasteiger partial charge on any atom is 0.287 e. The van der Waals surface area contributed by atoms with Crippen molar-refractivity contribution in [2.75, 3.05) is 0 Å². The van der Waals surface area contributed by atoms with Crippen molar-refractivity contribution in [3.63, 3.8) is 0 Å². The summed E-state index contributed by atoms with van der Waals surface area (Å²) in [7, 11) is 0. The molecule has 11 heteroatoms. The second kappa shape index (κ2) is 9.11. The summed E-state index contributed by atoms with van der Waals surface area (Å²) in [5.41, 5.74) is 7.63. The number of rotatable bonds is 6. The van der Waals surface area contributed by atoms with Gasteiger partial charge >= 0.3 is 0 Å². The zero-order valence-corrected chi connectivity index (χ0v) is 21.9. The van der Waals surface area contributed by atoms with Gasteiger partial charge in [0.15, 0.2) is 5.76 Å². The van der Waals surface area contributed by atoms with Gasteiger partial charge in [-0.25, -0.2) is 9.67 Å². The summed E-state index contributed by atoms with van der Waals surface area (Å²) in [6, 6.07) is 15.3. The van der Waals surface area contributed by atoms with Gasteiger partial charge < -0.3 is 20.8 Å². The van der Waals surface area contributed by atoms with Crippen molar-refractivity contribution in [1.29, 1.82) is 0 Å². The molecule has 4 aromatic rings. The van der Waals surface area contributed by atoms with Crippen LogP contribution in [-0.2, 0) is 4.79 Å². The lowest BCUT2D eigenvalue weighted by Gasteiger charge is -2.41.